The molecule has 0 radical (unpaired) electrons. The Balaban J connectivity index is 2.13. The summed E-state index contributed by atoms with van der Waals surface area (Å²) in [4.78, 5) is 14.8. The van der Waals surface area contributed by atoms with Gasteiger partial charge in [-0.1, -0.05) is 6.42 Å². The van der Waals surface area contributed by atoms with Gasteiger partial charge in [0.05, 0.1) is 11.3 Å². The second kappa shape index (κ2) is 6.39. The highest BCUT2D eigenvalue weighted by Gasteiger charge is 2.26. The number of rotatable bonds is 4. The number of carbonyl (C=O) groups excluding carboxylic acids is 1. The summed E-state index contributed by atoms with van der Waals surface area (Å²) >= 11 is 0. The van der Waals surface area contributed by atoms with E-state index >= 15 is 0 Å². The van der Waals surface area contributed by atoms with E-state index in [0.717, 1.165) is 36.5 Å². The highest BCUT2D eigenvalue weighted by Crippen LogP contribution is 2.17. The van der Waals surface area contributed by atoms with Crippen LogP contribution in [-0.4, -0.2) is 46.2 Å². The molecule has 1 aliphatic rings. The molecule has 1 aromatic heterocycles. The molecule has 1 aromatic rings. The van der Waals surface area contributed by atoms with Gasteiger partial charge in [-0.3, -0.25) is 9.89 Å². The van der Waals surface area contributed by atoms with Gasteiger partial charge in [0.1, 0.15) is 0 Å². The Morgan fingerprint density at radius 1 is 1.40 bits per heavy atom. The zero-order valence-corrected chi connectivity index (χ0v) is 13.0. The van der Waals surface area contributed by atoms with Crippen LogP contribution in [0.2, 0.25) is 0 Å². The Bertz CT molecular complexity index is 441. The van der Waals surface area contributed by atoms with E-state index in [9.17, 15) is 4.79 Å². The van der Waals surface area contributed by atoms with E-state index in [1.54, 1.807) is 0 Å². The van der Waals surface area contributed by atoms with Crippen LogP contribution in [-0.2, 0) is 0 Å². The molecule has 5 nitrogen and oxygen atoms in total. The average Bonchev–Trinajstić information content (AvgIpc) is 2.76. The van der Waals surface area contributed by atoms with Crippen molar-refractivity contribution in [2.24, 2.45) is 0 Å². The quantitative estimate of drug-likeness (QED) is 0.886. The van der Waals surface area contributed by atoms with Crippen molar-refractivity contribution in [3.8, 4) is 0 Å². The van der Waals surface area contributed by atoms with E-state index in [0.29, 0.717) is 6.04 Å². The summed E-state index contributed by atoms with van der Waals surface area (Å²) in [6, 6.07) is 0.613. The molecule has 1 saturated heterocycles. The fourth-order valence-electron chi connectivity index (χ4n) is 2.86. The highest BCUT2D eigenvalue weighted by molar-refractivity contribution is 5.96. The first-order chi connectivity index (χ1) is 9.50. The van der Waals surface area contributed by atoms with E-state index < -0.39 is 0 Å². The van der Waals surface area contributed by atoms with Gasteiger partial charge in [0.25, 0.3) is 5.91 Å². The summed E-state index contributed by atoms with van der Waals surface area (Å²) in [6.07, 6.45) is 3.65. The van der Waals surface area contributed by atoms with Gasteiger partial charge in [0.2, 0.25) is 0 Å². The fourth-order valence-corrected chi connectivity index (χ4v) is 2.86. The molecular weight excluding hydrogens is 252 g/mol. The number of nitrogens with zero attached hydrogens (tertiary/aromatic N) is 2. The fraction of sp³-hybridized carbons (Fsp3) is 0.733. The summed E-state index contributed by atoms with van der Waals surface area (Å²) in [6.45, 7) is 9.78. The van der Waals surface area contributed by atoms with E-state index in [4.69, 9.17) is 0 Å². The number of carbonyl (C=O) groups is 1. The maximum absolute atomic E-state index is 12.8. The smallest absolute Gasteiger partial charge is 0.257 e. The number of amides is 1. The summed E-state index contributed by atoms with van der Waals surface area (Å²) in [5, 5.41) is 10.6. The van der Waals surface area contributed by atoms with Crippen LogP contribution >= 0.6 is 0 Å². The molecule has 2 N–H and O–H groups in total. The van der Waals surface area contributed by atoms with Crippen molar-refractivity contribution in [1.29, 1.82) is 0 Å². The van der Waals surface area contributed by atoms with Crippen LogP contribution in [0.25, 0.3) is 0 Å². The second-order valence-corrected chi connectivity index (χ2v) is 6.01. The number of hydrogen-bond donors (Lipinski definition) is 2. The van der Waals surface area contributed by atoms with Gasteiger partial charge in [-0.2, -0.15) is 5.10 Å². The predicted molar refractivity (Wildman–Crippen MR) is 79.9 cm³/mol. The minimum Gasteiger partial charge on any atom is -0.335 e. The maximum Gasteiger partial charge on any atom is 0.257 e. The van der Waals surface area contributed by atoms with Crippen LogP contribution in [0.4, 0.5) is 0 Å². The molecular formula is C15H26N4O. The lowest BCUT2D eigenvalue weighted by molar-refractivity contribution is 0.0675. The SMILES string of the molecule is Cc1n[nH]c(C)c1C(=O)N(CC1CCCCN1)C(C)C. The molecule has 2 rings (SSSR count). The van der Waals surface area contributed by atoms with Crippen LogP contribution < -0.4 is 5.32 Å². The summed E-state index contributed by atoms with van der Waals surface area (Å²) in [7, 11) is 0. The van der Waals surface area contributed by atoms with Crippen molar-refractivity contribution in [1.82, 2.24) is 20.4 Å². The zero-order chi connectivity index (χ0) is 14.7. The van der Waals surface area contributed by atoms with Crippen molar-refractivity contribution < 1.29 is 4.79 Å². The molecule has 0 aromatic carbocycles. The Morgan fingerprint density at radius 2 is 2.15 bits per heavy atom. The van der Waals surface area contributed by atoms with Gasteiger partial charge in [0, 0.05) is 24.3 Å². The lowest BCUT2D eigenvalue weighted by Gasteiger charge is -2.33. The summed E-state index contributed by atoms with van der Waals surface area (Å²) in [5.74, 6) is 0.0936. The molecule has 0 saturated carbocycles. The number of aromatic amines is 1. The van der Waals surface area contributed by atoms with Crippen molar-refractivity contribution in [3.05, 3.63) is 17.0 Å². The zero-order valence-electron chi connectivity index (χ0n) is 13.0. The van der Waals surface area contributed by atoms with Crippen molar-refractivity contribution >= 4 is 5.91 Å². The molecule has 0 spiro atoms. The van der Waals surface area contributed by atoms with Gasteiger partial charge >= 0.3 is 0 Å². The minimum atomic E-state index is 0.0936. The molecule has 1 aliphatic heterocycles. The van der Waals surface area contributed by atoms with Crippen LogP contribution in [0.5, 0.6) is 0 Å². The third kappa shape index (κ3) is 3.20. The first-order valence-corrected chi connectivity index (χ1v) is 7.56. The molecule has 1 fully saturated rings. The number of H-pyrrole nitrogens is 1. The van der Waals surface area contributed by atoms with Gasteiger partial charge in [-0.15, -0.1) is 0 Å². The van der Waals surface area contributed by atoms with E-state index in [1.165, 1.54) is 12.8 Å². The lowest BCUT2D eigenvalue weighted by atomic mass is 10.0. The number of piperidine rings is 1. The normalized spacial score (nSPS) is 19.4. The van der Waals surface area contributed by atoms with Crippen molar-refractivity contribution in [3.63, 3.8) is 0 Å². The summed E-state index contributed by atoms with van der Waals surface area (Å²) in [5.41, 5.74) is 2.37. The van der Waals surface area contributed by atoms with E-state index in [-0.39, 0.29) is 11.9 Å². The molecule has 20 heavy (non-hydrogen) atoms. The molecule has 0 bridgehead atoms. The van der Waals surface area contributed by atoms with Crippen LogP contribution in [0.1, 0.15) is 54.9 Å². The highest BCUT2D eigenvalue weighted by atomic mass is 16.2. The molecule has 1 atom stereocenters. The first kappa shape index (κ1) is 15.0. The van der Waals surface area contributed by atoms with E-state index in [2.05, 4.69) is 29.4 Å². The molecule has 1 unspecified atom stereocenters. The predicted octanol–water partition coefficient (Wildman–Crippen LogP) is 2.02. The van der Waals surface area contributed by atoms with Crippen LogP contribution in [0, 0.1) is 13.8 Å². The Kier molecular flexibility index (Phi) is 4.81. The minimum absolute atomic E-state index is 0.0936. The van der Waals surface area contributed by atoms with Gasteiger partial charge in [0.15, 0.2) is 0 Å². The lowest BCUT2D eigenvalue weighted by Crippen LogP contribution is -2.48. The Labute approximate surface area is 121 Å². The third-order valence-electron chi connectivity index (χ3n) is 4.06. The van der Waals surface area contributed by atoms with Gasteiger partial charge < -0.3 is 10.2 Å². The number of hydrogen-bond acceptors (Lipinski definition) is 3. The molecule has 5 heteroatoms. The van der Waals surface area contributed by atoms with Crippen LogP contribution in [0.3, 0.4) is 0 Å². The molecule has 0 aliphatic carbocycles. The number of nitrogens with one attached hydrogen (secondary N) is 2. The second-order valence-electron chi connectivity index (χ2n) is 6.01. The van der Waals surface area contributed by atoms with Gasteiger partial charge in [-0.25, -0.2) is 0 Å². The largest absolute Gasteiger partial charge is 0.335 e. The monoisotopic (exact) mass is 278 g/mol. The van der Waals surface area contributed by atoms with Crippen LogP contribution in [0.15, 0.2) is 0 Å². The molecule has 1 amide bonds. The van der Waals surface area contributed by atoms with Gasteiger partial charge in [-0.05, 0) is 47.1 Å². The topological polar surface area (TPSA) is 61.0 Å². The first-order valence-electron chi connectivity index (χ1n) is 7.56. The third-order valence-corrected chi connectivity index (χ3v) is 4.06. The van der Waals surface area contributed by atoms with E-state index in [1.807, 2.05) is 18.7 Å². The molecule has 112 valence electrons. The maximum atomic E-state index is 12.8. The Morgan fingerprint density at radius 3 is 2.65 bits per heavy atom. The summed E-state index contributed by atoms with van der Waals surface area (Å²) < 4.78 is 0. The number of aryl methyl sites for hydroxylation is 2. The molecule has 2 heterocycles. The number of aromatic nitrogens is 2. The Hall–Kier alpha value is -1.36. The average molecular weight is 278 g/mol. The van der Waals surface area contributed by atoms with Crippen molar-refractivity contribution in [2.75, 3.05) is 13.1 Å². The standard InChI is InChI=1S/C15H26N4O/c1-10(2)19(9-13-7-5-6-8-16-13)15(20)14-11(3)17-18-12(14)4/h10,13,16H,5-9H2,1-4H3,(H,17,18). The van der Waals surface area contributed by atoms with Crippen molar-refractivity contribution in [2.45, 2.75) is 59.0 Å².